The van der Waals surface area contributed by atoms with Crippen molar-refractivity contribution in [2.75, 3.05) is 5.32 Å². The molecule has 0 aliphatic rings. The summed E-state index contributed by atoms with van der Waals surface area (Å²) in [5.74, 6) is -1.14. The number of anilines is 1. The molecule has 3 aromatic rings. The van der Waals surface area contributed by atoms with Crippen molar-refractivity contribution in [2.45, 2.75) is 0 Å². The molecular weight excluding hydrogens is 338 g/mol. The van der Waals surface area contributed by atoms with Crippen LogP contribution >= 0.6 is 0 Å². The molecule has 0 aliphatic heterocycles. The minimum Gasteiger partial charge on any atom is -0.457 e. The van der Waals surface area contributed by atoms with E-state index in [4.69, 9.17) is 4.42 Å². The fourth-order valence-corrected chi connectivity index (χ4v) is 2.27. The molecule has 0 bridgehead atoms. The van der Waals surface area contributed by atoms with E-state index in [0.29, 0.717) is 11.3 Å². The number of nitrogens with one attached hydrogen (secondary N) is 1. The van der Waals surface area contributed by atoms with Crippen LogP contribution in [0.15, 0.2) is 70.7 Å². The van der Waals surface area contributed by atoms with Crippen molar-refractivity contribution in [1.29, 1.82) is 5.26 Å². The van der Waals surface area contributed by atoms with E-state index in [9.17, 15) is 18.8 Å². The summed E-state index contributed by atoms with van der Waals surface area (Å²) >= 11 is 0. The molecule has 1 N–H and O–H groups in total. The monoisotopic (exact) mass is 350 g/mol. The van der Waals surface area contributed by atoms with E-state index in [1.54, 1.807) is 36.4 Å². The molecule has 0 unspecified atom stereocenters. The second-order valence-electron chi connectivity index (χ2n) is 5.32. The molecule has 2 aromatic carbocycles. The third-order valence-corrected chi connectivity index (χ3v) is 3.51. The lowest BCUT2D eigenvalue weighted by Gasteiger charge is -2.04. The quantitative estimate of drug-likeness (QED) is 0.544. The third kappa shape index (κ3) is 3.84. The Balaban J connectivity index is 1.82. The lowest BCUT2D eigenvalue weighted by Crippen LogP contribution is -2.14. The summed E-state index contributed by atoms with van der Waals surface area (Å²) in [6.45, 7) is 0. The molecule has 0 saturated heterocycles. The summed E-state index contributed by atoms with van der Waals surface area (Å²) in [6.07, 6.45) is 1.24. The fraction of sp³-hybridized carbons (Fsp3) is 0. The Hall–Kier alpha value is -3.72. The molecule has 1 aromatic heterocycles. The molecule has 0 saturated carbocycles. The highest BCUT2D eigenvalue weighted by Crippen LogP contribution is 2.24. The number of furan rings is 1. The van der Waals surface area contributed by atoms with Crippen LogP contribution in [0.25, 0.3) is 17.4 Å². The molecular formula is C20H12F2N2O2. The van der Waals surface area contributed by atoms with Crippen LogP contribution in [0.1, 0.15) is 5.76 Å². The Morgan fingerprint density at radius 1 is 1.08 bits per heavy atom. The molecule has 0 fully saturated rings. The van der Waals surface area contributed by atoms with E-state index in [1.165, 1.54) is 36.4 Å². The van der Waals surface area contributed by atoms with Crippen LogP contribution < -0.4 is 5.32 Å². The lowest BCUT2D eigenvalue weighted by molar-refractivity contribution is -0.112. The van der Waals surface area contributed by atoms with Crippen LogP contribution in [-0.4, -0.2) is 5.91 Å². The molecule has 1 amide bonds. The van der Waals surface area contributed by atoms with Gasteiger partial charge in [-0.15, -0.1) is 0 Å². The number of nitriles is 1. The highest BCUT2D eigenvalue weighted by atomic mass is 19.1. The highest BCUT2D eigenvalue weighted by Gasteiger charge is 2.13. The summed E-state index contributed by atoms with van der Waals surface area (Å²) in [7, 11) is 0. The first-order valence-electron chi connectivity index (χ1n) is 7.60. The van der Waals surface area contributed by atoms with Crippen molar-refractivity contribution < 1.29 is 18.0 Å². The molecule has 128 valence electrons. The molecule has 0 atom stereocenters. The van der Waals surface area contributed by atoms with Gasteiger partial charge in [0, 0.05) is 11.6 Å². The zero-order valence-electron chi connectivity index (χ0n) is 13.4. The smallest absolute Gasteiger partial charge is 0.266 e. The number of carbonyl (C=O) groups excluding carboxylic acids is 1. The van der Waals surface area contributed by atoms with Crippen molar-refractivity contribution in [3.8, 4) is 17.4 Å². The summed E-state index contributed by atoms with van der Waals surface area (Å²) in [4.78, 5) is 12.2. The zero-order valence-corrected chi connectivity index (χ0v) is 13.4. The first-order valence-corrected chi connectivity index (χ1v) is 7.60. The van der Waals surface area contributed by atoms with Gasteiger partial charge in [0.2, 0.25) is 0 Å². The van der Waals surface area contributed by atoms with Gasteiger partial charge < -0.3 is 9.73 Å². The van der Waals surface area contributed by atoms with Crippen LogP contribution in [-0.2, 0) is 4.79 Å². The van der Waals surface area contributed by atoms with Gasteiger partial charge in [-0.05, 0) is 36.4 Å². The number of para-hydroxylation sites is 1. The largest absolute Gasteiger partial charge is 0.457 e. The highest BCUT2D eigenvalue weighted by molar-refractivity contribution is 6.09. The Bertz CT molecular complexity index is 1030. The van der Waals surface area contributed by atoms with Crippen molar-refractivity contribution in [3.63, 3.8) is 0 Å². The van der Waals surface area contributed by atoms with Gasteiger partial charge in [0.15, 0.2) is 0 Å². The maximum absolute atomic E-state index is 13.6. The van der Waals surface area contributed by atoms with E-state index in [1.807, 2.05) is 0 Å². The van der Waals surface area contributed by atoms with Gasteiger partial charge in [0.1, 0.15) is 34.8 Å². The number of carbonyl (C=O) groups is 1. The topological polar surface area (TPSA) is 66.0 Å². The average molecular weight is 350 g/mol. The standard InChI is InChI=1S/C20H12F2N2O2/c21-15-5-3-4-13(10-15)19-9-8-16(26-19)11-14(12-23)20(25)24-18-7-2-1-6-17(18)22/h1-11H,(H,24,25)/b14-11+. The molecule has 4 nitrogen and oxygen atoms in total. The van der Waals surface area contributed by atoms with Crippen LogP contribution in [0.2, 0.25) is 0 Å². The molecule has 3 rings (SSSR count). The van der Waals surface area contributed by atoms with E-state index in [2.05, 4.69) is 5.32 Å². The Morgan fingerprint density at radius 2 is 1.88 bits per heavy atom. The Kier molecular flexibility index (Phi) is 4.90. The summed E-state index contributed by atoms with van der Waals surface area (Å²) in [6, 6.07) is 16.4. The fourth-order valence-electron chi connectivity index (χ4n) is 2.27. The van der Waals surface area contributed by atoms with Gasteiger partial charge >= 0.3 is 0 Å². The zero-order chi connectivity index (χ0) is 18.5. The lowest BCUT2D eigenvalue weighted by atomic mass is 10.2. The van der Waals surface area contributed by atoms with Crippen molar-refractivity contribution in [3.05, 3.63) is 83.6 Å². The van der Waals surface area contributed by atoms with Crippen LogP contribution in [0.4, 0.5) is 14.5 Å². The van der Waals surface area contributed by atoms with Gasteiger partial charge in [-0.1, -0.05) is 24.3 Å². The molecule has 26 heavy (non-hydrogen) atoms. The third-order valence-electron chi connectivity index (χ3n) is 3.51. The van der Waals surface area contributed by atoms with Gasteiger partial charge in [-0.3, -0.25) is 4.79 Å². The SMILES string of the molecule is N#C/C(=C\c1ccc(-c2cccc(F)c2)o1)C(=O)Nc1ccccc1F. The number of benzene rings is 2. The van der Waals surface area contributed by atoms with Crippen molar-refractivity contribution >= 4 is 17.7 Å². The maximum Gasteiger partial charge on any atom is 0.266 e. The number of hydrogen-bond acceptors (Lipinski definition) is 3. The molecule has 0 radical (unpaired) electrons. The van der Waals surface area contributed by atoms with E-state index < -0.39 is 17.5 Å². The van der Waals surface area contributed by atoms with E-state index in [0.717, 1.165) is 0 Å². The Labute approximate surface area is 148 Å². The van der Waals surface area contributed by atoms with Gasteiger partial charge in [-0.2, -0.15) is 5.26 Å². The normalized spacial score (nSPS) is 11.0. The number of hydrogen-bond donors (Lipinski definition) is 1. The second kappa shape index (κ2) is 7.45. The van der Waals surface area contributed by atoms with Crippen LogP contribution in [0.5, 0.6) is 0 Å². The number of nitrogens with zero attached hydrogens (tertiary/aromatic N) is 1. The molecule has 6 heteroatoms. The predicted molar refractivity (Wildman–Crippen MR) is 92.7 cm³/mol. The molecule has 0 aliphatic carbocycles. The van der Waals surface area contributed by atoms with Gasteiger partial charge in [-0.25, -0.2) is 8.78 Å². The van der Waals surface area contributed by atoms with Gasteiger partial charge in [0.05, 0.1) is 5.69 Å². The minimum atomic E-state index is -0.763. The van der Waals surface area contributed by atoms with Crippen molar-refractivity contribution in [2.24, 2.45) is 0 Å². The molecule has 0 spiro atoms. The maximum atomic E-state index is 13.6. The second-order valence-corrected chi connectivity index (χ2v) is 5.32. The van der Waals surface area contributed by atoms with E-state index >= 15 is 0 Å². The first kappa shape index (κ1) is 17.1. The minimum absolute atomic E-state index is 0.0291. The number of halogens is 2. The van der Waals surface area contributed by atoms with E-state index in [-0.39, 0.29) is 17.0 Å². The summed E-state index contributed by atoms with van der Waals surface area (Å²) in [5, 5.41) is 11.5. The van der Waals surface area contributed by atoms with Gasteiger partial charge in [0.25, 0.3) is 5.91 Å². The predicted octanol–water partition coefficient (Wildman–Crippen LogP) is 4.77. The Morgan fingerprint density at radius 3 is 2.62 bits per heavy atom. The van der Waals surface area contributed by atoms with Crippen molar-refractivity contribution in [1.82, 2.24) is 0 Å². The summed E-state index contributed by atoms with van der Waals surface area (Å²) in [5.41, 5.74) is 0.242. The number of rotatable bonds is 4. The average Bonchev–Trinajstić information content (AvgIpc) is 3.10. The first-order chi connectivity index (χ1) is 12.6. The van der Waals surface area contributed by atoms with Crippen LogP contribution in [0, 0.1) is 23.0 Å². The number of amides is 1. The summed E-state index contributed by atoms with van der Waals surface area (Å²) < 4.78 is 32.4. The van der Waals surface area contributed by atoms with Crippen LogP contribution in [0.3, 0.4) is 0 Å². The molecule has 1 heterocycles.